The highest BCUT2D eigenvalue weighted by Crippen LogP contribution is 2.38. The zero-order valence-corrected chi connectivity index (χ0v) is 18.1. The lowest BCUT2D eigenvalue weighted by atomic mass is 9.90. The number of alkyl halides is 3. The highest BCUT2D eigenvalue weighted by Gasteiger charge is 2.41. The second-order valence-electron chi connectivity index (χ2n) is 8.10. The van der Waals surface area contributed by atoms with Crippen molar-refractivity contribution < 1.29 is 32.5 Å². The third-order valence-electron chi connectivity index (χ3n) is 5.57. The van der Waals surface area contributed by atoms with Gasteiger partial charge in [0, 0.05) is 22.7 Å². The average molecular weight is 487 g/mol. The first-order valence-electron chi connectivity index (χ1n) is 10.4. The maximum atomic E-state index is 12.6. The Balaban J connectivity index is 1.23. The van der Waals surface area contributed by atoms with Crippen LogP contribution in [0.1, 0.15) is 49.1 Å². The van der Waals surface area contributed by atoms with E-state index in [0.717, 1.165) is 0 Å². The lowest BCUT2D eigenvalue weighted by Crippen LogP contribution is -2.41. The third kappa shape index (κ3) is 5.84. The Labute approximate surface area is 192 Å². The Bertz CT molecular complexity index is 1040. The van der Waals surface area contributed by atoms with Crippen LogP contribution in [-0.4, -0.2) is 44.6 Å². The summed E-state index contributed by atoms with van der Waals surface area (Å²) in [6.45, 7) is 3.85. The van der Waals surface area contributed by atoms with Gasteiger partial charge in [-0.15, -0.1) is 13.2 Å². The molecule has 2 N–H and O–H groups in total. The van der Waals surface area contributed by atoms with Crippen LogP contribution >= 0.6 is 11.6 Å². The van der Waals surface area contributed by atoms with Gasteiger partial charge in [0.1, 0.15) is 5.75 Å². The van der Waals surface area contributed by atoms with E-state index in [0.29, 0.717) is 40.6 Å². The van der Waals surface area contributed by atoms with Gasteiger partial charge in [-0.25, -0.2) is 0 Å². The molecule has 4 rings (SSSR count). The normalized spacial score (nSPS) is 24.4. The third-order valence-corrected chi connectivity index (χ3v) is 5.80. The van der Waals surface area contributed by atoms with Gasteiger partial charge in [0.05, 0.1) is 30.1 Å². The van der Waals surface area contributed by atoms with Crippen molar-refractivity contribution in [3.63, 3.8) is 0 Å². The van der Waals surface area contributed by atoms with E-state index in [9.17, 15) is 23.1 Å². The van der Waals surface area contributed by atoms with E-state index in [1.54, 1.807) is 18.2 Å². The number of aryl methyl sites for hydroxylation is 1. The second-order valence-corrected chi connectivity index (χ2v) is 8.54. The highest BCUT2D eigenvalue weighted by molar-refractivity contribution is 6.30. The molecule has 2 aliphatic rings. The molecule has 1 saturated carbocycles. The molecule has 0 unspecified atom stereocenters. The Morgan fingerprint density at radius 2 is 2.12 bits per heavy atom. The molecule has 0 radical (unpaired) electrons. The summed E-state index contributed by atoms with van der Waals surface area (Å²) < 4.78 is 46.3. The Kier molecular flexibility index (Phi) is 6.64. The smallest absolute Gasteiger partial charge is 0.480 e. The molecule has 1 fully saturated rings. The van der Waals surface area contributed by atoms with Crippen LogP contribution in [0.25, 0.3) is 0 Å². The minimum atomic E-state index is -4.64. The number of hydrogen-bond donors (Lipinski definition) is 2. The van der Waals surface area contributed by atoms with Crippen LogP contribution < -0.4 is 10.1 Å². The molecule has 178 valence electrons. The van der Waals surface area contributed by atoms with E-state index in [1.165, 1.54) is 11.0 Å². The fraction of sp³-hybridized carbons (Fsp3) is 0.476. The monoisotopic (exact) mass is 486 g/mol. The molecule has 1 aromatic heterocycles. The fourth-order valence-electron chi connectivity index (χ4n) is 3.79. The molecule has 2 atom stereocenters. The number of benzene rings is 1. The summed E-state index contributed by atoms with van der Waals surface area (Å²) in [5, 5.41) is 21.9. The number of nitrogens with one attached hydrogen (secondary N) is 1. The number of halogens is 4. The van der Waals surface area contributed by atoms with Crippen LogP contribution in [0, 0.1) is 0 Å². The van der Waals surface area contributed by atoms with Crippen LogP contribution in [-0.2, 0) is 16.0 Å². The first kappa shape index (κ1) is 23.5. The van der Waals surface area contributed by atoms with Crippen molar-refractivity contribution in [2.75, 3.05) is 0 Å². The first-order chi connectivity index (χ1) is 15.6. The highest BCUT2D eigenvalue weighted by atomic mass is 35.5. The quantitative estimate of drug-likeness (QED) is 0.620. The van der Waals surface area contributed by atoms with Crippen LogP contribution in [0.4, 0.5) is 13.2 Å². The van der Waals surface area contributed by atoms with Gasteiger partial charge in [-0.2, -0.15) is 15.0 Å². The Hall–Kier alpha value is -2.63. The van der Waals surface area contributed by atoms with Crippen molar-refractivity contribution in [2.45, 2.75) is 62.8 Å². The predicted molar refractivity (Wildman–Crippen MR) is 110 cm³/mol. The zero-order chi connectivity index (χ0) is 23.8. The summed E-state index contributed by atoms with van der Waals surface area (Å²) >= 11 is 5.94. The topological polar surface area (TPSA) is 98.5 Å². The van der Waals surface area contributed by atoms with Crippen molar-refractivity contribution in [3.8, 4) is 5.75 Å². The summed E-state index contributed by atoms with van der Waals surface area (Å²) in [7, 11) is 0. The van der Waals surface area contributed by atoms with Crippen molar-refractivity contribution in [3.05, 3.63) is 53.0 Å². The standard InChI is InChI=1S/C21H22ClF3N4O4/c1-11(27-20(31)19-9-17(30)16-6-12(22)3-5-18(16)32-19)2-4-13-10-26-29(28-13)14-7-15(8-14)33-21(23,24)25/h3,5-6,10,14-15,17,19,30H,1-2,4,7-9H2,(H,27,31)/t14?,15?,17-,19+/m1/s1. The molecule has 0 spiro atoms. The SMILES string of the molecule is C=C(CCc1cnn(C2CC(OC(F)(F)F)C2)n1)NC(=O)[C@@H]1C[C@@H](O)c2cc(Cl)ccc2O1. The fourth-order valence-corrected chi connectivity index (χ4v) is 3.97. The molecule has 1 aliphatic heterocycles. The number of nitrogens with zero attached hydrogens (tertiary/aromatic N) is 3. The van der Waals surface area contributed by atoms with Crippen molar-refractivity contribution in [1.82, 2.24) is 20.3 Å². The molecule has 0 saturated heterocycles. The molecule has 0 bridgehead atoms. The van der Waals surface area contributed by atoms with Gasteiger partial charge in [-0.05, 0) is 43.9 Å². The lowest BCUT2D eigenvalue weighted by molar-refractivity contribution is -0.353. The summed E-state index contributed by atoms with van der Waals surface area (Å²) in [6.07, 6.45) is -4.43. The number of ether oxygens (including phenoxy) is 2. The molecule has 1 aromatic carbocycles. The van der Waals surface area contributed by atoms with Gasteiger partial charge >= 0.3 is 6.36 Å². The number of carbonyl (C=O) groups is 1. The average Bonchev–Trinajstić information content (AvgIpc) is 3.17. The number of rotatable bonds is 7. The van der Waals surface area contributed by atoms with E-state index in [2.05, 4.69) is 26.8 Å². The lowest BCUT2D eigenvalue weighted by Gasteiger charge is -2.34. The van der Waals surface area contributed by atoms with E-state index in [-0.39, 0.29) is 25.3 Å². The molecule has 2 heterocycles. The molecule has 1 aliphatic carbocycles. The van der Waals surface area contributed by atoms with Crippen LogP contribution in [0.3, 0.4) is 0 Å². The molecule has 2 aromatic rings. The van der Waals surface area contributed by atoms with Gasteiger partial charge in [-0.1, -0.05) is 18.2 Å². The van der Waals surface area contributed by atoms with E-state index in [1.807, 2.05) is 0 Å². The number of aromatic nitrogens is 3. The number of amides is 1. The molecule has 12 heteroatoms. The minimum absolute atomic E-state index is 0.0845. The van der Waals surface area contributed by atoms with Crippen LogP contribution in [0.5, 0.6) is 5.75 Å². The predicted octanol–water partition coefficient (Wildman–Crippen LogP) is 3.62. The van der Waals surface area contributed by atoms with Crippen molar-refractivity contribution in [2.24, 2.45) is 0 Å². The number of allylic oxidation sites excluding steroid dienone is 1. The maximum absolute atomic E-state index is 12.6. The summed E-state index contributed by atoms with van der Waals surface area (Å²) in [6, 6.07) is 4.60. The minimum Gasteiger partial charge on any atom is -0.480 e. The Morgan fingerprint density at radius 3 is 2.85 bits per heavy atom. The van der Waals surface area contributed by atoms with E-state index < -0.39 is 30.6 Å². The molecule has 1 amide bonds. The van der Waals surface area contributed by atoms with Crippen molar-refractivity contribution >= 4 is 17.5 Å². The number of fused-ring (bicyclic) bond motifs is 1. The largest absolute Gasteiger partial charge is 0.522 e. The molecular weight excluding hydrogens is 465 g/mol. The zero-order valence-electron chi connectivity index (χ0n) is 17.4. The van der Waals surface area contributed by atoms with Crippen LogP contribution in [0.2, 0.25) is 5.02 Å². The molecule has 33 heavy (non-hydrogen) atoms. The molecular formula is C21H22ClF3N4O4. The first-order valence-corrected chi connectivity index (χ1v) is 10.7. The maximum Gasteiger partial charge on any atom is 0.522 e. The van der Waals surface area contributed by atoms with Gasteiger partial charge in [0.25, 0.3) is 5.91 Å². The molecule has 8 nitrogen and oxygen atoms in total. The number of carbonyl (C=O) groups excluding carboxylic acids is 1. The number of aliphatic hydroxyl groups is 1. The van der Waals surface area contributed by atoms with Gasteiger partial charge in [0.2, 0.25) is 0 Å². The summed E-state index contributed by atoms with van der Waals surface area (Å²) in [5.74, 6) is -0.0205. The number of hydrogen-bond acceptors (Lipinski definition) is 6. The van der Waals surface area contributed by atoms with E-state index >= 15 is 0 Å². The van der Waals surface area contributed by atoms with Crippen LogP contribution in [0.15, 0.2) is 36.7 Å². The summed E-state index contributed by atoms with van der Waals surface area (Å²) in [5.41, 5.74) is 1.61. The summed E-state index contributed by atoms with van der Waals surface area (Å²) in [4.78, 5) is 14.0. The van der Waals surface area contributed by atoms with Crippen molar-refractivity contribution in [1.29, 1.82) is 0 Å². The Morgan fingerprint density at radius 1 is 1.36 bits per heavy atom. The van der Waals surface area contributed by atoms with Gasteiger partial charge in [0.15, 0.2) is 6.10 Å². The van der Waals surface area contributed by atoms with E-state index in [4.69, 9.17) is 16.3 Å². The number of aliphatic hydroxyl groups excluding tert-OH is 1. The second kappa shape index (κ2) is 9.32. The van der Waals surface area contributed by atoms with Gasteiger partial charge < -0.3 is 15.2 Å². The van der Waals surface area contributed by atoms with Gasteiger partial charge in [-0.3, -0.25) is 9.53 Å².